The minimum absolute atomic E-state index is 0.0704. The Morgan fingerprint density at radius 1 is 1.21 bits per heavy atom. The summed E-state index contributed by atoms with van der Waals surface area (Å²) < 4.78 is 5.25. The minimum atomic E-state index is -0.0704. The van der Waals surface area contributed by atoms with Gasteiger partial charge in [-0.25, -0.2) is 9.97 Å². The predicted octanol–water partition coefficient (Wildman–Crippen LogP) is 2.00. The van der Waals surface area contributed by atoms with Gasteiger partial charge in [0.2, 0.25) is 6.41 Å². The molecule has 1 aromatic rings. The van der Waals surface area contributed by atoms with Crippen LogP contribution in [0.3, 0.4) is 0 Å². The number of carbonyl (C=O) groups excluding carboxylic acids is 1. The summed E-state index contributed by atoms with van der Waals surface area (Å²) in [6.07, 6.45) is 5.16. The molecule has 0 aromatic carbocycles. The summed E-state index contributed by atoms with van der Waals surface area (Å²) in [6.45, 7) is 12.5. The highest BCUT2D eigenvalue weighted by molar-refractivity contribution is 5.47. The number of nitrogens with zero attached hydrogens (tertiary/aromatic N) is 4. The largest absolute Gasteiger partial charge is 0.384 e. The molecule has 1 aromatic heterocycles. The van der Waals surface area contributed by atoms with Crippen molar-refractivity contribution in [2.24, 2.45) is 5.92 Å². The Kier molecular flexibility index (Phi) is 7.46. The molecule has 0 spiro atoms. The molecule has 1 N–H and O–H groups in total. The lowest BCUT2D eigenvalue weighted by molar-refractivity contribution is -0.110. The summed E-state index contributed by atoms with van der Waals surface area (Å²) in [7, 11) is 1.73. The molecule has 0 radical (unpaired) electrons. The summed E-state index contributed by atoms with van der Waals surface area (Å²) in [5, 5.41) is 2.89. The number of hydrogen-bond acceptors (Lipinski definition) is 6. The number of ether oxygens (including phenoxy) is 1. The van der Waals surface area contributed by atoms with Gasteiger partial charge in [0.05, 0.1) is 6.61 Å². The second kappa shape index (κ2) is 9.85. The van der Waals surface area contributed by atoms with Crippen molar-refractivity contribution in [2.45, 2.75) is 57.9 Å². The molecule has 0 atom stereocenters. The molecule has 7 nitrogen and oxygen atoms in total. The van der Waals surface area contributed by atoms with Gasteiger partial charge >= 0.3 is 0 Å². The van der Waals surface area contributed by atoms with Crippen LogP contribution >= 0.6 is 0 Å². The molecule has 1 aliphatic heterocycles. The molecule has 0 bridgehead atoms. The maximum atomic E-state index is 10.5. The Morgan fingerprint density at radius 2 is 1.93 bits per heavy atom. The average molecular weight is 404 g/mol. The summed E-state index contributed by atoms with van der Waals surface area (Å²) in [5.41, 5.74) is 0.992. The fraction of sp³-hybridized carbons (Fsp3) is 0.773. The summed E-state index contributed by atoms with van der Waals surface area (Å²) in [6, 6.07) is 2.55. The van der Waals surface area contributed by atoms with Crippen molar-refractivity contribution in [3.05, 3.63) is 17.6 Å². The first-order chi connectivity index (χ1) is 13.9. The molecular weight excluding hydrogens is 366 g/mol. The number of amides is 1. The van der Waals surface area contributed by atoms with Crippen molar-refractivity contribution in [3.63, 3.8) is 0 Å². The summed E-state index contributed by atoms with van der Waals surface area (Å²) in [4.78, 5) is 25.1. The van der Waals surface area contributed by atoms with Crippen molar-refractivity contribution in [1.29, 1.82) is 0 Å². The maximum absolute atomic E-state index is 10.5. The molecule has 29 heavy (non-hydrogen) atoms. The zero-order valence-corrected chi connectivity index (χ0v) is 18.5. The van der Waals surface area contributed by atoms with Gasteiger partial charge in [0.15, 0.2) is 0 Å². The standard InChI is InChI=1S/C22H37N5O2/c1-22(2,3)21-24-18(6-12-29-4)15-20(25-21)27-10-8-26(9-11-27)7-5-17-13-19(14-17)23-16-28/h15-17,19H,5-14H2,1-4H3,(H,23,28)/t17-,19-. The first-order valence-electron chi connectivity index (χ1n) is 10.9. The van der Waals surface area contributed by atoms with Crippen LogP contribution in [-0.2, 0) is 21.4 Å². The lowest BCUT2D eigenvalue weighted by Gasteiger charge is -2.39. The van der Waals surface area contributed by atoms with E-state index in [1.807, 2.05) is 0 Å². The number of carbonyl (C=O) groups is 1. The molecule has 2 aliphatic rings. The van der Waals surface area contributed by atoms with E-state index >= 15 is 0 Å². The van der Waals surface area contributed by atoms with Gasteiger partial charge in [0.1, 0.15) is 11.6 Å². The quantitative estimate of drug-likeness (QED) is 0.636. The molecule has 1 saturated heterocycles. The zero-order chi connectivity index (χ0) is 20.9. The Bertz CT molecular complexity index is 662. The molecule has 0 unspecified atom stereocenters. The van der Waals surface area contributed by atoms with Crippen molar-refractivity contribution in [2.75, 3.05) is 51.3 Å². The third-order valence-electron chi connectivity index (χ3n) is 6.09. The van der Waals surface area contributed by atoms with Gasteiger partial charge in [-0.3, -0.25) is 9.69 Å². The van der Waals surface area contributed by atoms with Crippen LogP contribution in [0.5, 0.6) is 0 Å². The van der Waals surface area contributed by atoms with E-state index < -0.39 is 0 Å². The van der Waals surface area contributed by atoms with Crippen molar-refractivity contribution >= 4 is 12.2 Å². The highest BCUT2D eigenvalue weighted by atomic mass is 16.5. The Labute approximate surface area is 175 Å². The molecule has 1 amide bonds. The van der Waals surface area contributed by atoms with Crippen LogP contribution in [0.25, 0.3) is 0 Å². The van der Waals surface area contributed by atoms with Gasteiger partial charge in [0, 0.05) is 62.9 Å². The average Bonchev–Trinajstić information content (AvgIpc) is 2.67. The fourth-order valence-electron chi connectivity index (χ4n) is 4.08. The topological polar surface area (TPSA) is 70.6 Å². The number of aromatic nitrogens is 2. The number of methoxy groups -OCH3 is 1. The van der Waals surface area contributed by atoms with E-state index in [1.54, 1.807) is 7.11 Å². The van der Waals surface area contributed by atoms with E-state index in [1.165, 1.54) is 6.42 Å². The number of nitrogens with one attached hydrogen (secondary N) is 1. The normalized spacial score (nSPS) is 23.0. The monoisotopic (exact) mass is 403 g/mol. The third kappa shape index (κ3) is 6.12. The highest BCUT2D eigenvalue weighted by Crippen LogP contribution is 2.30. The number of anilines is 1. The minimum Gasteiger partial charge on any atom is -0.384 e. The highest BCUT2D eigenvalue weighted by Gasteiger charge is 2.29. The van der Waals surface area contributed by atoms with Gasteiger partial charge in [-0.15, -0.1) is 0 Å². The number of piperazine rings is 1. The smallest absolute Gasteiger partial charge is 0.207 e. The molecule has 1 aliphatic carbocycles. The Balaban J connectivity index is 1.52. The van der Waals surface area contributed by atoms with E-state index in [4.69, 9.17) is 14.7 Å². The lowest BCUT2D eigenvalue weighted by Crippen LogP contribution is -2.48. The summed E-state index contributed by atoms with van der Waals surface area (Å²) in [5.74, 6) is 2.73. The van der Waals surface area contributed by atoms with Crippen LogP contribution in [0, 0.1) is 5.92 Å². The van der Waals surface area contributed by atoms with Crippen LogP contribution in [0.2, 0.25) is 0 Å². The first kappa shape index (κ1) is 22.0. The Hall–Kier alpha value is -1.73. The van der Waals surface area contributed by atoms with Gasteiger partial charge in [-0.1, -0.05) is 20.8 Å². The molecule has 7 heteroatoms. The van der Waals surface area contributed by atoms with E-state index in [0.29, 0.717) is 12.6 Å². The maximum Gasteiger partial charge on any atom is 0.207 e. The van der Waals surface area contributed by atoms with Crippen LogP contribution in [-0.4, -0.2) is 73.8 Å². The second-order valence-electron chi connectivity index (χ2n) is 9.47. The first-order valence-corrected chi connectivity index (χ1v) is 10.9. The molecule has 3 rings (SSSR count). The van der Waals surface area contributed by atoms with Crippen molar-refractivity contribution in [3.8, 4) is 0 Å². The SMILES string of the molecule is COCCc1cc(N2CCN(CC[C@H]3C[C@H](NC=O)C3)CC2)nc(C(C)(C)C)n1. The van der Waals surface area contributed by atoms with Gasteiger partial charge < -0.3 is 15.0 Å². The van der Waals surface area contributed by atoms with E-state index in [9.17, 15) is 4.79 Å². The molecule has 2 heterocycles. The van der Waals surface area contributed by atoms with Crippen LogP contribution in [0.1, 0.15) is 51.6 Å². The molecular formula is C22H37N5O2. The Morgan fingerprint density at radius 3 is 2.55 bits per heavy atom. The number of rotatable bonds is 9. The predicted molar refractivity (Wildman–Crippen MR) is 115 cm³/mol. The third-order valence-corrected chi connectivity index (χ3v) is 6.09. The molecule has 1 saturated carbocycles. The van der Waals surface area contributed by atoms with Gasteiger partial charge in [-0.2, -0.15) is 0 Å². The summed E-state index contributed by atoms with van der Waals surface area (Å²) >= 11 is 0. The fourth-order valence-corrected chi connectivity index (χ4v) is 4.08. The zero-order valence-electron chi connectivity index (χ0n) is 18.5. The lowest BCUT2D eigenvalue weighted by atomic mass is 9.78. The van der Waals surface area contributed by atoms with Crippen molar-refractivity contribution in [1.82, 2.24) is 20.2 Å². The van der Waals surface area contributed by atoms with Crippen molar-refractivity contribution < 1.29 is 9.53 Å². The van der Waals surface area contributed by atoms with E-state index in [2.05, 4.69) is 42.0 Å². The van der Waals surface area contributed by atoms with Gasteiger partial charge in [0.25, 0.3) is 0 Å². The molecule has 162 valence electrons. The van der Waals surface area contributed by atoms with Crippen LogP contribution in [0.15, 0.2) is 6.07 Å². The van der Waals surface area contributed by atoms with E-state index in [0.717, 1.165) is 81.7 Å². The molecule has 2 fully saturated rings. The van der Waals surface area contributed by atoms with Crippen LogP contribution < -0.4 is 10.2 Å². The second-order valence-corrected chi connectivity index (χ2v) is 9.47. The van der Waals surface area contributed by atoms with E-state index in [-0.39, 0.29) is 5.41 Å². The number of hydrogen-bond donors (Lipinski definition) is 1. The van der Waals surface area contributed by atoms with Crippen LogP contribution in [0.4, 0.5) is 5.82 Å². The van der Waals surface area contributed by atoms with Gasteiger partial charge in [-0.05, 0) is 31.7 Å².